The highest BCUT2D eigenvalue weighted by Gasteiger charge is 2.21. The summed E-state index contributed by atoms with van der Waals surface area (Å²) in [4.78, 5) is 37.1. The Morgan fingerprint density at radius 1 is 0.955 bits per heavy atom. The molecule has 126 valence electrons. The van der Waals surface area contributed by atoms with Crippen molar-refractivity contribution in [1.82, 2.24) is 14.7 Å². The van der Waals surface area contributed by atoms with Crippen LogP contribution in [-0.2, 0) is 9.59 Å². The zero-order valence-electron chi connectivity index (χ0n) is 13.4. The van der Waals surface area contributed by atoms with Crippen molar-refractivity contribution in [2.75, 3.05) is 46.3 Å². The fourth-order valence-corrected chi connectivity index (χ4v) is 1.83. The van der Waals surface area contributed by atoms with Crippen LogP contribution in [-0.4, -0.2) is 89.2 Å². The predicted molar refractivity (Wildman–Crippen MR) is 81.8 cm³/mol. The number of carbonyl (C=O) groups excluding carboxylic acids is 1. The van der Waals surface area contributed by atoms with Gasteiger partial charge in [0.05, 0.1) is 0 Å². The molecule has 0 atom stereocenters. The van der Waals surface area contributed by atoms with Gasteiger partial charge in [-0.25, -0.2) is 14.4 Å². The number of carbonyl (C=O) groups is 3. The number of carboxylic acid groups (broad SMARTS) is 2. The Hall–Kier alpha value is -2.09. The highest BCUT2D eigenvalue weighted by molar-refractivity contribution is 5.89. The number of rotatable bonds is 4. The summed E-state index contributed by atoms with van der Waals surface area (Å²) in [5.41, 5.74) is 0. The lowest BCUT2D eigenvalue weighted by atomic mass is 10.3. The van der Waals surface area contributed by atoms with Crippen LogP contribution in [0.5, 0.6) is 0 Å². The molecule has 1 rings (SSSR count). The van der Waals surface area contributed by atoms with Gasteiger partial charge in [-0.3, -0.25) is 0 Å². The van der Waals surface area contributed by atoms with Crippen LogP contribution >= 0.6 is 0 Å². The summed E-state index contributed by atoms with van der Waals surface area (Å²) in [7, 11) is 2.10. The van der Waals surface area contributed by atoms with Gasteiger partial charge in [-0.2, -0.15) is 0 Å². The Morgan fingerprint density at radius 3 is 1.68 bits per heavy atom. The van der Waals surface area contributed by atoms with Gasteiger partial charge in [0, 0.05) is 51.4 Å². The first-order chi connectivity index (χ1) is 10.3. The first-order valence-corrected chi connectivity index (χ1v) is 7.18. The first-order valence-electron chi connectivity index (χ1n) is 7.18. The number of aliphatic carboxylic acids is 2. The number of piperazine rings is 1. The zero-order valence-corrected chi connectivity index (χ0v) is 13.4. The number of carboxylic acids is 2. The van der Waals surface area contributed by atoms with E-state index in [2.05, 4.69) is 11.9 Å². The molecule has 0 aromatic heterocycles. The monoisotopic (exact) mass is 315 g/mol. The molecule has 1 heterocycles. The van der Waals surface area contributed by atoms with Crippen LogP contribution < -0.4 is 0 Å². The molecule has 2 amide bonds. The van der Waals surface area contributed by atoms with E-state index in [4.69, 9.17) is 10.2 Å². The SMILES string of the molecule is CCN(CC)C(=O)N1CCN(C)CC1.O=C(O)/C=C\C(=O)O. The van der Waals surface area contributed by atoms with Crippen LogP contribution in [0.15, 0.2) is 12.2 Å². The van der Waals surface area contributed by atoms with E-state index >= 15 is 0 Å². The van der Waals surface area contributed by atoms with Gasteiger partial charge in [-0.15, -0.1) is 0 Å². The molecule has 22 heavy (non-hydrogen) atoms. The van der Waals surface area contributed by atoms with E-state index < -0.39 is 11.9 Å². The molecule has 8 heteroatoms. The van der Waals surface area contributed by atoms with E-state index in [9.17, 15) is 14.4 Å². The molecule has 8 nitrogen and oxygen atoms in total. The van der Waals surface area contributed by atoms with Gasteiger partial charge in [0.25, 0.3) is 0 Å². The standard InChI is InChI=1S/C10H21N3O.C4H4O4/c1-4-12(5-2)10(14)13-8-6-11(3)7-9-13;5-3(6)1-2-4(7)8/h4-9H2,1-3H3;1-2H,(H,5,6)(H,7,8)/b;2-1-. The molecule has 0 radical (unpaired) electrons. The Bertz CT molecular complexity index is 383. The number of hydrogen-bond acceptors (Lipinski definition) is 4. The molecule has 1 aliphatic heterocycles. The number of urea groups is 1. The van der Waals surface area contributed by atoms with Crippen molar-refractivity contribution in [1.29, 1.82) is 0 Å². The molecule has 1 saturated heterocycles. The molecule has 0 aliphatic carbocycles. The molecule has 0 saturated carbocycles. The molecule has 0 unspecified atom stereocenters. The first kappa shape index (κ1) is 19.9. The van der Waals surface area contributed by atoms with Crippen molar-refractivity contribution in [3.05, 3.63) is 12.2 Å². The normalized spacial score (nSPS) is 15.1. The third kappa shape index (κ3) is 8.25. The quantitative estimate of drug-likeness (QED) is 0.729. The predicted octanol–water partition coefficient (Wildman–Crippen LogP) is 0.407. The maximum atomic E-state index is 11.9. The van der Waals surface area contributed by atoms with Gasteiger partial charge < -0.3 is 24.9 Å². The highest BCUT2D eigenvalue weighted by Crippen LogP contribution is 2.03. The van der Waals surface area contributed by atoms with Gasteiger partial charge in [0.2, 0.25) is 0 Å². The van der Waals surface area contributed by atoms with Crippen LogP contribution in [0.2, 0.25) is 0 Å². The lowest BCUT2D eigenvalue weighted by Crippen LogP contribution is -2.51. The average Bonchev–Trinajstić information content (AvgIpc) is 2.47. The maximum Gasteiger partial charge on any atom is 0.328 e. The largest absolute Gasteiger partial charge is 0.478 e. The Labute approximate surface area is 130 Å². The number of nitrogens with zero attached hydrogens (tertiary/aromatic N) is 3. The van der Waals surface area contributed by atoms with Crippen LogP contribution in [0.25, 0.3) is 0 Å². The van der Waals surface area contributed by atoms with E-state index in [1.54, 1.807) is 0 Å². The minimum Gasteiger partial charge on any atom is -0.478 e. The Morgan fingerprint density at radius 2 is 1.36 bits per heavy atom. The minimum absolute atomic E-state index is 0.197. The molecular weight excluding hydrogens is 290 g/mol. The third-order valence-corrected chi connectivity index (χ3v) is 3.18. The third-order valence-electron chi connectivity index (χ3n) is 3.18. The van der Waals surface area contributed by atoms with Gasteiger partial charge in [0.15, 0.2) is 0 Å². The Balaban J connectivity index is 0.000000472. The number of hydrogen-bond donors (Lipinski definition) is 2. The van der Waals surface area contributed by atoms with Crippen molar-refractivity contribution < 1.29 is 24.6 Å². The summed E-state index contributed by atoms with van der Waals surface area (Å²) in [6.45, 7) is 9.38. The molecule has 0 bridgehead atoms. The fraction of sp³-hybridized carbons (Fsp3) is 0.643. The topological polar surface area (TPSA) is 101 Å². The molecular formula is C14H25N3O5. The second-order valence-electron chi connectivity index (χ2n) is 4.75. The minimum atomic E-state index is -1.26. The van der Waals surface area contributed by atoms with Crippen molar-refractivity contribution in [3.8, 4) is 0 Å². The van der Waals surface area contributed by atoms with Crippen molar-refractivity contribution in [2.24, 2.45) is 0 Å². The number of amides is 2. The molecule has 1 aliphatic rings. The zero-order chi connectivity index (χ0) is 17.1. The van der Waals surface area contributed by atoms with E-state index in [0.29, 0.717) is 12.2 Å². The molecule has 0 spiro atoms. The average molecular weight is 315 g/mol. The summed E-state index contributed by atoms with van der Waals surface area (Å²) < 4.78 is 0. The molecule has 0 aromatic carbocycles. The van der Waals surface area contributed by atoms with E-state index in [0.717, 1.165) is 39.3 Å². The Kier molecular flexibility index (Phi) is 9.60. The summed E-state index contributed by atoms with van der Waals surface area (Å²) in [5, 5.41) is 15.6. The summed E-state index contributed by atoms with van der Waals surface area (Å²) in [6.07, 6.45) is 1.12. The van der Waals surface area contributed by atoms with Gasteiger partial charge in [-0.1, -0.05) is 0 Å². The van der Waals surface area contributed by atoms with Gasteiger partial charge in [-0.05, 0) is 20.9 Å². The smallest absolute Gasteiger partial charge is 0.328 e. The molecule has 0 aromatic rings. The summed E-state index contributed by atoms with van der Waals surface area (Å²) in [5.74, 6) is -2.51. The second kappa shape index (κ2) is 10.6. The molecule has 2 N–H and O–H groups in total. The van der Waals surface area contributed by atoms with E-state index in [1.165, 1.54) is 0 Å². The van der Waals surface area contributed by atoms with Crippen molar-refractivity contribution in [3.63, 3.8) is 0 Å². The number of likely N-dealkylation sites (N-methyl/N-ethyl adjacent to an activating group) is 1. The summed E-state index contributed by atoms with van der Waals surface area (Å²) in [6, 6.07) is 0.197. The summed E-state index contributed by atoms with van der Waals surface area (Å²) >= 11 is 0. The highest BCUT2D eigenvalue weighted by atomic mass is 16.4. The lowest BCUT2D eigenvalue weighted by Gasteiger charge is -2.35. The van der Waals surface area contributed by atoms with E-state index in [1.807, 2.05) is 23.6 Å². The lowest BCUT2D eigenvalue weighted by molar-refractivity contribution is -0.134. The van der Waals surface area contributed by atoms with Crippen LogP contribution in [0.1, 0.15) is 13.8 Å². The second-order valence-corrected chi connectivity index (χ2v) is 4.75. The van der Waals surface area contributed by atoms with Crippen molar-refractivity contribution >= 4 is 18.0 Å². The van der Waals surface area contributed by atoms with Crippen LogP contribution in [0.4, 0.5) is 4.79 Å². The van der Waals surface area contributed by atoms with Crippen molar-refractivity contribution in [2.45, 2.75) is 13.8 Å². The fourth-order valence-electron chi connectivity index (χ4n) is 1.83. The van der Waals surface area contributed by atoms with Gasteiger partial charge in [0.1, 0.15) is 0 Å². The molecule has 1 fully saturated rings. The van der Waals surface area contributed by atoms with Gasteiger partial charge >= 0.3 is 18.0 Å². The van der Waals surface area contributed by atoms with E-state index in [-0.39, 0.29) is 6.03 Å². The maximum absolute atomic E-state index is 11.9. The van der Waals surface area contributed by atoms with Crippen LogP contribution in [0, 0.1) is 0 Å². The van der Waals surface area contributed by atoms with Crippen LogP contribution in [0.3, 0.4) is 0 Å².